The molecule has 0 spiro atoms. The fourth-order valence-electron chi connectivity index (χ4n) is 1.89. The summed E-state index contributed by atoms with van der Waals surface area (Å²) >= 11 is 3.21. The Balaban J connectivity index is 2.36. The third-order valence-electron chi connectivity index (χ3n) is 2.83. The molecule has 0 saturated carbocycles. The first kappa shape index (κ1) is 14.7. The molecule has 0 atom stereocenters. The summed E-state index contributed by atoms with van der Waals surface area (Å²) < 4.78 is 33.0. The lowest BCUT2D eigenvalue weighted by Crippen LogP contribution is -2.09. The van der Waals surface area contributed by atoms with Crippen LogP contribution in [-0.2, 0) is 6.42 Å². The SMILES string of the molecule is COc1cccc(F)c1C(=O)Cc1cc(Br)ccc1F. The van der Waals surface area contributed by atoms with Crippen molar-refractivity contribution in [2.45, 2.75) is 6.42 Å². The Bertz CT molecular complexity index is 656. The van der Waals surface area contributed by atoms with E-state index >= 15 is 0 Å². The van der Waals surface area contributed by atoms with Gasteiger partial charge in [0.25, 0.3) is 0 Å². The molecule has 0 N–H and O–H groups in total. The topological polar surface area (TPSA) is 26.3 Å². The van der Waals surface area contributed by atoms with Crippen molar-refractivity contribution in [3.63, 3.8) is 0 Å². The van der Waals surface area contributed by atoms with E-state index in [2.05, 4.69) is 15.9 Å². The number of rotatable bonds is 4. The van der Waals surface area contributed by atoms with Crippen LogP contribution in [0.5, 0.6) is 5.75 Å². The van der Waals surface area contributed by atoms with Gasteiger partial charge in [0, 0.05) is 10.9 Å². The Labute approximate surface area is 123 Å². The Morgan fingerprint density at radius 2 is 1.95 bits per heavy atom. The molecular weight excluding hydrogens is 330 g/mol. The highest BCUT2D eigenvalue weighted by molar-refractivity contribution is 9.10. The van der Waals surface area contributed by atoms with Crippen molar-refractivity contribution in [3.8, 4) is 5.75 Å². The van der Waals surface area contributed by atoms with Crippen molar-refractivity contribution in [2.75, 3.05) is 7.11 Å². The number of ether oxygens (including phenoxy) is 1. The normalized spacial score (nSPS) is 10.4. The Kier molecular flexibility index (Phi) is 4.49. The number of methoxy groups -OCH3 is 1. The van der Waals surface area contributed by atoms with E-state index < -0.39 is 17.4 Å². The zero-order valence-corrected chi connectivity index (χ0v) is 12.2. The van der Waals surface area contributed by atoms with E-state index in [0.717, 1.165) is 0 Å². The molecule has 0 amide bonds. The van der Waals surface area contributed by atoms with Crippen molar-refractivity contribution in [3.05, 3.63) is 63.6 Å². The molecule has 0 fully saturated rings. The number of ketones is 1. The van der Waals surface area contributed by atoms with Crippen LogP contribution in [0.1, 0.15) is 15.9 Å². The van der Waals surface area contributed by atoms with E-state index in [-0.39, 0.29) is 23.3 Å². The number of carbonyl (C=O) groups is 1. The van der Waals surface area contributed by atoms with Gasteiger partial charge in [-0.25, -0.2) is 8.78 Å². The van der Waals surface area contributed by atoms with Gasteiger partial charge < -0.3 is 4.74 Å². The van der Waals surface area contributed by atoms with Gasteiger partial charge in [0.15, 0.2) is 5.78 Å². The Morgan fingerprint density at radius 3 is 2.65 bits per heavy atom. The summed E-state index contributed by atoms with van der Waals surface area (Å²) in [6, 6.07) is 8.41. The van der Waals surface area contributed by atoms with Gasteiger partial charge in [-0.05, 0) is 35.9 Å². The number of halogens is 3. The number of benzene rings is 2. The molecular formula is C15H11BrF2O2. The van der Waals surface area contributed by atoms with Crippen LogP contribution in [0.3, 0.4) is 0 Å². The standard InChI is InChI=1S/C15H11BrF2O2/c1-20-14-4-2-3-12(18)15(14)13(19)8-9-7-10(16)5-6-11(9)17/h2-7H,8H2,1H3. The van der Waals surface area contributed by atoms with Gasteiger partial charge in [-0.2, -0.15) is 0 Å². The predicted octanol–water partition coefficient (Wildman–Crippen LogP) is 4.16. The largest absolute Gasteiger partial charge is 0.496 e. The maximum absolute atomic E-state index is 13.8. The Morgan fingerprint density at radius 1 is 1.20 bits per heavy atom. The van der Waals surface area contributed by atoms with Crippen molar-refractivity contribution < 1.29 is 18.3 Å². The molecule has 104 valence electrons. The Hall–Kier alpha value is -1.75. The molecule has 0 unspecified atom stereocenters. The maximum Gasteiger partial charge on any atom is 0.174 e. The molecule has 0 saturated heterocycles. The fourth-order valence-corrected chi connectivity index (χ4v) is 2.29. The van der Waals surface area contributed by atoms with Gasteiger partial charge in [0.1, 0.15) is 17.4 Å². The van der Waals surface area contributed by atoms with E-state index in [9.17, 15) is 13.6 Å². The maximum atomic E-state index is 13.8. The molecule has 0 aliphatic carbocycles. The molecule has 0 aliphatic rings. The monoisotopic (exact) mass is 340 g/mol. The quantitative estimate of drug-likeness (QED) is 0.781. The van der Waals surface area contributed by atoms with Crippen molar-refractivity contribution >= 4 is 21.7 Å². The second kappa shape index (κ2) is 6.13. The molecule has 2 rings (SSSR count). The van der Waals surface area contributed by atoms with Crippen LogP contribution < -0.4 is 4.74 Å². The summed E-state index contributed by atoms with van der Waals surface area (Å²) in [6.45, 7) is 0. The first-order valence-electron chi connectivity index (χ1n) is 5.82. The van der Waals surface area contributed by atoms with Crippen LogP contribution in [0.2, 0.25) is 0 Å². The molecule has 0 bridgehead atoms. The summed E-state index contributed by atoms with van der Waals surface area (Å²) in [4.78, 5) is 12.2. The number of hydrogen-bond acceptors (Lipinski definition) is 2. The predicted molar refractivity (Wildman–Crippen MR) is 75.1 cm³/mol. The molecule has 0 aromatic heterocycles. The second-order valence-electron chi connectivity index (χ2n) is 4.15. The number of hydrogen-bond donors (Lipinski definition) is 0. The molecule has 0 aliphatic heterocycles. The highest BCUT2D eigenvalue weighted by Crippen LogP contribution is 2.24. The first-order chi connectivity index (χ1) is 9.52. The lowest BCUT2D eigenvalue weighted by Gasteiger charge is -2.09. The van der Waals surface area contributed by atoms with Crippen LogP contribution in [0.25, 0.3) is 0 Å². The molecule has 0 heterocycles. The van der Waals surface area contributed by atoms with E-state index in [4.69, 9.17) is 4.74 Å². The lowest BCUT2D eigenvalue weighted by atomic mass is 10.0. The van der Waals surface area contributed by atoms with Gasteiger partial charge in [-0.3, -0.25) is 4.79 Å². The van der Waals surface area contributed by atoms with Crippen LogP contribution in [0.15, 0.2) is 40.9 Å². The van der Waals surface area contributed by atoms with E-state index in [1.54, 1.807) is 0 Å². The van der Waals surface area contributed by atoms with Crippen molar-refractivity contribution in [2.24, 2.45) is 0 Å². The fraction of sp³-hybridized carbons (Fsp3) is 0.133. The van der Waals surface area contributed by atoms with E-state index in [0.29, 0.717) is 4.47 Å². The highest BCUT2D eigenvalue weighted by Gasteiger charge is 2.19. The average Bonchev–Trinajstić information content (AvgIpc) is 2.42. The second-order valence-corrected chi connectivity index (χ2v) is 5.07. The summed E-state index contributed by atoms with van der Waals surface area (Å²) in [5.74, 6) is -1.57. The van der Waals surface area contributed by atoms with Gasteiger partial charge in [-0.15, -0.1) is 0 Å². The van der Waals surface area contributed by atoms with Crippen LogP contribution >= 0.6 is 15.9 Å². The highest BCUT2D eigenvalue weighted by atomic mass is 79.9. The first-order valence-corrected chi connectivity index (χ1v) is 6.62. The zero-order chi connectivity index (χ0) is 14.7. The molecule has 0 radical (unpaired) electrons. The van der Waals surface area contributed by atoms with Crippen LogP contribution in [0, 0.1) is 11.6 Å². The van der Waals surface area contributed by atoms with Gasteiger partial charge in [0.2, 0.25) is 0 Å². The van der Waals surface area contributed by atoms with Gasteiger partial charge in [0.05, 0.1) is 12.7 Å². The number of carbonyl (C=O) groups excluding carboxylic acids is 1. The zero-order valence-electron chi connectivity index (χ0n) is 10.6. The molecule has 2 nitrogen and oxygen atoms in total. The van der Waals surface area contributed by atoms with Gasteiger partial charge >= 0.3 is 0 Å². The third kappa shape index (κ3) is 3.04. The van der Waals surface area contributed by atoms with Crippen molar-refractivity contribution in [1.29, 1.82) is 0 Å². The summed E-state index contributed by atoms with van der Waals surface area (Å²) in [6.07, 6.45) is -0.234. The molecule has 5 heteroatoms. The molecule has 2 aromatic rings. The minimum absolute atomic E-state index is 0.144. The van der Waals surface area contributed by atoms with Crippen LogP contribution in [0.4, 0.5) is 8.78 Å². The van der Waals surface area contributed by atoms with Gasteiger partial charge in [-0.1, -0.05) is 22.0 Å². The average molecular weight is 341 g/mol. The summed E-state index contributed by atoms with van der Waals surface area (Å²) in [5, 5.41) is 0. The summed E-state index contributed by atoms with van der Waals surface area (Å²) in [5.41, 5.74) is 0.0454. The van der Waals surface area contributed by atoms with Crippen LogP contribution in [-0.4, -0.2) is 12.9 Å². The summed E-state index contributed by atoms with van der Waals surface area (Å²) in [7, 11) is 1.35. The van der Waals surface area contributed by atoms with E-state index in [1.807, 2.05) is 0 Å². The van der Waals surface area contributed by atoms with Crippen molar-refractivity contribution in [1.82, 2.24) is 0 Å². The van der Waals surface area contributed by atoms with E-state index in [1.165, 1.54) is 43.5 Å². The number of Topliss-reactive ketones (excluding diaryl/α,β-unsaturated/α-hetero) is 1. The minimum atomic E-state index is -0.676. The minimum Gasteiger partial charge on any atom is -0.496 e. The molecule has 2 aromatic carbocycles. The lowest BCUT2D eigenvalue weighted by molar-refractivity contribution is 0.0984. The smallest absolute Gasteiger partial charge is 0.174 e. The molecule has 20 heavy (non-hydrogen) atoms. The third-order valence-corrected chi connectivity index (χ3v) is 3.33.